The van der Waals surface area contributed by atoms with Crippen molar-refractivity contribution >= 4 is 0 Å². The van der Waals surface area contributed by atoms with Crippen molar-refractivity contribution in [3.8, 4) is 23.3 Å². The summed E-state index contributed by atoms with van der Waals surface area (Å²) in [5.74, 6) is 5.77. The van der Waals surface area contributed by atoms with E-state index in [-0.39, 0.29) is 11.5 Å². The summed E-state index contributed by atoms with van der Waals surface area (Å²) in [5, 5.41) is 18.9. The van der Waals surface area contributed by atoms with Gasteiger partial charge in [0.15, 0.2) is 11.5 Å². The Morgan fingerprint density at radius 1 is 0.882 bits per heavy atom. The quantitative estimate of drug-likeness (QED) is 0.577. The summed E-state index contributed by atoms with van der Waals surface area (Å²) < 4.78 is 0. The standard InChI is InChI=1S/C15H12O2/c16-14-11-5-10-13(15(14)17)9-4-8-12-6-2-1-3-7-12/h1-3,5-7,10-11,16-17H,9H2. The highest BCUT2D eigenvalue weighted by Crippen LogP contribution is 2.28. The second-order valence-corrected chi connectivity index (χ2v) is 3.63. The van der Waals surface area contributed by atoms with Gasteiger partial charge in [-0.3, -0.25) is 0 Å². The fourth-order valence-corrected chi connectivity index (χ4v) is 1.48. The average molecular weight is 224 g/mol. The van der Waals surface area contributed by atoms with Crippen LogP contribution in [0.4, 0.5) is 0 Å². The molecule has 0 aromatic heterocycles. The number of phenols is 2. The number of para-hydroxylation sites is 1. The lowest BCUT2D eigenvalue weighted by Gasteiger charge is -2.01. The van der Waals surface area contributed by atoms with Crippen LogP contribution in [0.2, 0.25) is 0 Å². The van der Waals surface area contributed by atoms with Gasteiger partial charge in [-0.15, -0.1) is 0 Å². The van der Waals surface area contributed by atoms with Crippen LogP contribution in [0.1, 0.15) is 11.1 Å². The van der Waals surface area contributed by atoms with Crippen molar-refractivity contribution in [1.82, 2.24) is 0 Å². The Kier molecular flexibility index (Phi) is 3.32. The van der Waals surface area contributed by atoms with Crippen molar-refractivity contribution in [2.75, 3.05) is 0 Å². The summed E-state index contributed by atoms with van der Waals surface area (Å²) in [5.41, 5.74) is 1.57. The number of hydrogen-bond acceptors (Lipinski definition) is 2. The Morgan fingerprint density at radius 3 is 2.41 bits per heavy atom. The first-order valence-electron chi connectivity index (χ1n) is 5.31. The molecule has 2 aromatic rings. The van der Waals surface area contributed by atoms with Crippen LogP contribution in [-0.4, -0.2) is 10.2 Å². The molecule has 0 heterocycles. The van der Waals surface area contributed by atoms with Crippen LogP contribution in [0.15, 0.2) is 48.5 Å². The monoisotopic (exact) mass is 224 g/mol. The molecule has 0 bridgehead atoms. The smallest absolute Gasteiger partial charge is 0.161 e. The molecule has 17 heavy (non-hydrogen) atoms. The normalized spacial score (nSPS) is 9.41. The number of hydrogen-bond donors (Lipinski definition) is 2. The molecule has 0 radical (unpaired) electrons. The lowest BCUT2D eigenvalue weighted by atomic mass is 10.1. The molecule has 2 N–H and O–H groups in total. The summed E-state index contributed by atoms with van der Waals surface area (Å²) in [7, 11) is 0. The maximum Gasteiger partial charge on any atom is 0.161 e. The Hall–Kier alpha value is -2.40. The van der Waals surface area contributed by atoms with Crippen molar-refractivity contribution in [3.05, 3.63) is 59.7 Å². The van der Waals surface area contributed by atoms with E-state index in [1.165, 1.54) is 6.07 Å². The number of phenolic OH excluding ortho intramolecular Hbond substituents is 2. The molecule has 0 saturated carbocycles. The first-order chi connectivity index (χ1) is 8.27. The highest BCUT2D eigenvalue weighted by molar-refractivity contribution is 5.46. The Labute approximate surface area is 100 Å². The van der Waals surface area contributed by atoms with Gasteiger partial charge in [-0.25, -0.2) is 0 Å². The van der Waals surface area contributed by atoms with Crippen LogP contribution in [0.5, 0.6) is 11.5 Å². The molecule has 0 aliphatic heterocycles. The van der Waals surface area contributed by atoms with Crippen LogP contribution < -0.4 is 0 Å². The molecule has 0 fully saturated rings. The summed E-state index contributed by atoms with van der Waals surface area (Å²) in [6.45, 7) is 0. The zero-order valence-electron chi connectivity index (χ0n) is 9.22. The third-order valence-electron chi connectivity index (χ3n) is 2.38. The average Bonchev–Trinajstić information content (AvgIpc) is 2.36. The molecule has 0 aliphatic rings. The van der Waals surface area contributed by atoms with E-state index in [0.717, 1.165) is 5.56 Å². The van der Waals surface area contributed by atoms with Crippen molar-refractivity contribution < 1.29 is 10.2 Å². The third-order valence-corrected chi connectivity index (χ3v) is 2.38. The molecule has 2 aromatic carbocycles. The van der Waals surface area contributed by atoms with Crippen molar-refractivity contribution in [3.63, 3.8) is 0 Å². The first kappa shape index (κ1) is 11.1. The van der Waals surface area contributed by atoms with Gasteiger partial charge in [0.25, 0.3) is 0 Å². The molecule has 0 atom stereocenters. The highest BCUT2D eigenvalue weighted by Gasteiger charge is 2.03. The van der Waals surface area contributed by atoms with Crippen molar-refractivity contribution in [2.45, 2.75) is 6.42 Å². The van der Waals surface area contributed by atoms with Gasteiger partial charge in [-0.1, -0.05) is 42.2 Å². The van der Waals surface area contributed by atoms with Gasteiger partial charge in [-0.2, -0.15) is 0 Å². The minimum absolute atomic E-state index is 0.0881. The second kappa shape index (κ2) is 5.09. The Balaban J connectivity index is 2.14. The summed E-state index contributed by atoms with van der Waals surface area (Å²) in [6.07, 6.45) is 0.412. The summed E-state index contributed by atoms with van der Waals surface area (Å²) in [6, 6.07) is 14.5. The van der Waals surface area contributed by atoms with Gasteiger partial charge >= 0.3 is 0 Å². The van der Waals surface area contributed by atoms with Crippen LogP contribution in [-0.2, 0) is 6.42 Å². The lowest BCUT2D eigenvalue weighted by molar-refractivity contribution is 0.400. The number of rotatable bonds is 1. The van der Waals surface area contributed by atoms with Gasteiger partial charge in [0.05, 0.1) is 0 Å². The molecule has 2 nitrogen and oxygen atoms in total. The van der Waals surface area contributed by atoms with E-state index >= 15 is 0 Å². The number of aromatic hydroxyl groups is 2. The highest BCUT2D eigenvalue weighted by atomic mass is 16.3. The van der Waals surface area contributed by atoms with Crippen molar-refractivity contribution in [2.24, 2.45) is 0 Å². The minimum atomic E-state index is -0.107. The maximum absolute atomic E-state index is 9.58. The molecule has 0 saturated heterocycles. The van der Waals surface area contributed by atoms with Crippen molar-refractivity contribution in [1.29, 1.82) is 0 Å². The maximum atomic E-state index is 9.58. The van der Waals surface area contributed by atoms with E-state index in [0.29, 0.717) is 12.0 Å². The fourth-order valence-electron chi connectivity index (χ4n) is 1.48. The summed E-state index contributed by atoms with van der Waals surface area (Å²) >= 11 is 0. The topological polar surface area (TPSA) is 40.5 Å². The summed E-state index contributed by atoms with van der Waals surface area (Å²) in [4.78, 5) is 0. The van der Waals surface area contributed by atoms with E-state index in [1.807, 2.05) is 30.3 Å². The molecule has 0 aliphatic carbocycles. The molecule has 84 valence electrons. The third kappa shape index (κ3) is 2.79. The predicted molar refractivity (Wildman–Crippen MR) is 66.8 cm³/mol. The van der Waals surface area contributed by atoms with Gasteiger partial charge in [0, 0.05) is 17.5 Å². The first-order valence-corrected chi connectivity index (χ1v) is 5.31. The van der Waals surface area contributed by atoms with Gasteiger partial charge in [-0.05, 0) is 18.2 Å². The zero-order chi connectivity index (χ0) is 12.1. The molecule has 0 amide bonds. The van der Waals surface area contributed by atoms with E-state index in [4.69, 9.17) is 0 Å². The van der Waals surface area contributed by atoms with Crippen LogP contribution >= 0.6 is 0 Å². The Bertz CT molecular complexity index is 562. The van der Waals surface area contributed by atoms with E-state index < -0.39 is 0 Å². The molecule has 2 rings (SSSR count). The number of benzene rings is 2. The van der Waals surface area contributed by atoms with E-state index in [2.05, 4.69) is 11.8 Å². The van der Waals surface area contributed by atoms with Crippen LogP contribution in [0.3, 0.4) is 0 Å². The Morgan fingerprint density at radius 2 is 1.65 bits per heavy atom. The van der Waals surface area contributed by atoms with Gasteiger partial charge in [0.1, 0.15) is 0 Å². The molecular formula is C15H12O2. The molecular weight excluding hydrogens is 212 g/mol. The second-order valence-electron chi connectivity index (χ2n) is 3.63. The van der Waals surface area contributed by atoms with Crippen LogP contribution in [0.25, 0.3) is 0 Å². The minimum Gasteiger partial charge on any atom is -0.504 e. The fraction of sp³-hybridized carbons (Fsp3) is 0.0667. The lowest BCUT2D eigenvalue weighted by Crippen LogP contribution is -1.83. The van der Waals surface area contributed by atoms with Gasteiger partial charge in [0.2, 0.25) is 0 Å². The molecule has 2 heteroatoms. The van der Waals surface area contributed by atoms with Crippen LogP contribution in [0, 0.1) is 11.8 Å². The largest absolute Gasteiger partial charge is 0.504 e. The molecule has 0 spiro atoms. The van der Waals surface area contributed by atoms with E-state index in [9.17, 15) is 10.2 Å². The SMILES string of the molecule is Oc1cccc(CC#Cc2ccccc2)c1O. The molecule has 0 unspecified atom stereocenters. The predicted octanol–water partition coefficient (Wildman–Crippen LogP) is 2.69. The van der Waals surface area contributed by atoms with E-state index in [1.54, 1.807) is 12.1 Å². The zero-order valence-corrected chi connectivity index (χ0v) is 9.22. The van der Waals surface area contributed by atoms with Gasteiger partial charge < -0.3 is 10.2 Å².